The fraction of sp³-hybridized carbons (Fsp3) is 0.421. The van der Waals surface area contributed by atoms with Crippen molar-refractivity contribution in [3.63, 3.8) is 0 Å². The van der Waals surface area contributed by atoms with Gasteiger partial charge in [-0.15, -0.1) is 22.0 Å². The van der Waals surface area contributed by atoms with E-state index in [1.165, 1.54) is 4.90 Å². The highest BCUT2D eigenvalue weighted by Gasteiger charge is 2.27. The van der Waals surface area contributed by atoms with E-state index in [1.54, 1.807) is 17.8 Å². The first-order valence-corrected chi connectivity index (χ1v) is 10.4. The number of aromatic nitrogens is 2. The average Bonchev–Trinajstić information content (AvgIpc) is 2.68. The van der Waals surface area contributed by atoms with E-state index in [4.69, 9.17) is 11.6 Å². The Bertz CT molecular complexity index is 738. The lowest BCUT2D eigenvalue weighted by atomic mass is 9.96. The number of rotatable bonds is 5. The van der Waals surface area contributed by atoms with E-state index < -0.39 is 0 Å². The summed E-state index contributed by atoms with van der Waals surface area (Å²) in [5, 5.41) is 11.6. The summed E-state index contributed by atoms with van der Waals surface area (Å²) >= 11 is 7.52. The second kappa shape index (κ2) is 8.73. The molecule has 1 saturated heterocycles. The summed E-state index contributed by atoms with van der Waals surface area (Å²) in [5.41, 5.74) is 1.12. The number of hydrogen-bond donors (Lipinski definition) is 1. The predicted molar refractivity (Wildman–Crippen MR) is 107 cm³/mol. The molecule has 1 N–H and O–H groups in total. The van der Waals surface area contributed by atoms with Crippen molar-refractivity contribution in [3.05, 3.63) is 47.1 Å². The minimum Gasteiger partial charge on any atom is -0.354 e. The van der Waals surface area contributed by atoms with Crippen molar-refractivity contribution in [1.29, 1.82) is 0 Å². The van der Waals surface area contributed by atoms with Crippen LogP contribution in [0.5, 0.6) is 0 Å². The number of hydrogen-bond acceptors (Lipinski definition) is 5. The second-order valence-corrected chi connectivity index (χ2v) is 7.77. The van der Waals surface area contributed by atoms with Crippen LogP contribution >= 0.6 is 23.4 Å². The first-order valence-electron chi connectivity index (χ1n) is 8.75. The molecule has 1 aromatic carbocycles. The molecule has 1 fully saturated rings. The molecule has 0 saturated carbocycles. The lowest BCUT2D eigenvalue weighted by molar-refractivity contribution is -0.125. The Labute approximate surface area is 163 Å². The molecule has 2 heterocycles. The van der Waals surface area contributed by atoms with Crippen molar-refractivity contribution in [2.45, 2.75) is 30.7 Å². The number of carbonyl (C=O) groups is 1. The Morgan fingerprint density at radius 2 is 2.04 bits per heavy atom. The van der Waals surface area contributed by atoms with Gasteiger partial charge in [0, 0.05) is 18.0 Å². The second-order valence-electron chi connectivity index (χ2n) is 6.50. The smallest absolute Gasteiger partial charge is 0.225 e. The third kappa shape index (κ3) is 4.68. The molecule has 0 unspecified atom stereocenters. The van der Waals surface area contributed by atoms with E-state index in [0.717, 1.165) is 30.8 Å². The summed E-state index contributed by atoms with van der Waals surface area (Å²) in [6.07, 6.45) is 3.90. The molecular weight excluding hydrogens is 368 g/mol. The van der Waals surface area contributed by atoms with Crippen LogP contribution in [-0.4, -0.2) is 35.4 Å². The van der Waals surface area contributed by atoms with Crippen LogP contribution in [-0.2, 0) is 4.79 Å². The Morgan fingerprint density at radius 1 is 1.27 bits per heavy atom. The lowest BCUT2D eigenvalue weighted by Crippen LogP contribution is -2.44. The van der Waals surface area contributed by atoms with Gasteiger partial charge >= 0.3 is 0 Å². The predicted octanol–water partition coefficient (Wildman–Crippen LogP) is 3.95. The first kappa shape index (κ1) is 19.0. The maximum Gasteiger partial charge on any atom is 0.225 e. The third-order valence-electron chi connectivity index (χ3n) is 4.71. The molecule has 0 bridgehead atoms. The van der Waals surface area contributed by atoms with Gasteiger partial charge in [-0.2, -0.15) is 0 Å². The topological polar surface area (TPSA) is 58.1 Å². The van der Waals surface area contributed by atoms with Crippen LogP contribution < -0.4 is 10.2 Å². The van der Waals surface area contributed by atoms with E-state index in [9.17, 15) is 4.79 Å². The van der Waals surface area contributed by atoms with E-state index in [0.29, 0.717) is 11.7 Å². The normalized spacial score (nSPS) is 18.4. The minimum absolute atomic E-state index is 0.0101. The maximum absolute atomic E-state index is 12.7. The number of halogens is 1. The van der Waals surface area contributed by atoms with Gasteiger partial charge in [-0.25, -0.2) is 0 Å². The summed E-state index contributed by atoms with van der Waals surface area (Å²) in [5.74, 6) is 0.819. The fourth-order valence-electron chi connectivity index (χ4n) is 3.18. The minimum atomic E-state index is -0.0471. The molecule has 1 aliphatic heterocycles. The summed E-state index contributed by atoms with van der Waals surface area (Å²) in [6.45, 7) is 3.56. The Kier molecular flexibility index (Phi) is 6.38. The van der Waals surface area contributed by atoms with Crippen molar-refractivity contribution >= 4 is 35.1 Å². The lowest BCUT2D eigenvalue weighted by Gasteiger charge is -2.33. The number of thioether (sulfide) groups is 1. The van der Waals surface area contributed by atoms with Crippen LogP contribution in [0, 0.1) is 5.92 Å². The molecule has 0 radical (unpaired) electrons. The maximum atomic E-state index is 12.7. The molecule has 7 heteroatoms. The van der Waals surface area contributed by atoms with E-state index >= 15 is 0 Å². The van der Waals surface area contributed by atoms with Gasteiger partial charge < -0.3 is 10.2 Å². The Morgan fingerprint density at radius 3 is 2.69 bits per heavy atom. The van der Waals surface area contributed by atoms with Crippen molar-refractivity contribution in [2.75, 3.05) is 24.2 Å². The van der Waals surface area contributed by atoms with Gasteiger partial charge in [0.1, 0.15) is 0 Å². The van der Waals surface area contributed by atoms with Gasteiger partial charge in [-0.05, 0) is 55.9 Å². The molecule has 138 valence electrons. The zero-order chi connectivity index (χ0) is 18.5. The van der Waals surface area contributed by atoms with Crippen molar-refractivity contribution in [2.24, 2.45) is 5.92 Å². The third-order valence-corrected chi connectivity index (χ3v) is 5.65. The van der Waals surface area contributed by atoms with E-state index in [-0.39, 0.29) is 17.9 Å². The molecule has 0 aliphatic carbocycles. The summed E-state index contributed by atoms with van der Waals surface area (Å²) in [7, 11) is 0. The van der Waals surface area contributed by atoms with Crippen molar-refractivity contribution in [1.82, 2.24) is 15.5 Å². The van der Waals surface area contributed by atoms with Crippen molar-refractivity contribution < 1.29 is 4.79 Å². The molecule has 2 atom stereocenters. The van der Waals surface area contributed by atoms with E-state index in [2.05, 4.69) is 50.9 Å². The number of amides is 1. The van der Waals surface area contributed by atoms with Crippen LogP contribution in [0.3, 0.4) is 0 Å². The molecule has 1 amide bonds. The van der Waals surface area contributed by atoms with Gasteiger partial charge in [0.2, 0.25) is 5.91 Å². The number of carbonyl (C=O) groups excluding carboxylic acids is 1. The van der Waals surface area contributed by atoms with Crippen LogP contribution in [0.1, 0.15) is 31.4 Å². The van der Waals surface area contributed by atoms with Gasteiger partial charge in [-0.1, -0.05) is 23.7 Å². The molecule has 0 spiro atoms. The van der Waals surface area contributed by atoms with Gasteiger partial charge in [0.25, 0.3) is 0 Å². The monoisotopic (exact) mass is 390 g/mol. The molecule has 2 aromatic rings. The van der Waals surface area contributed by atoms with Gasteiger partial charge in [0.15, 0.2) is 11.0 Å². The number of nitrogens with zero attached hydrogens (tertiary/aromatic N) is 3. The SMILES string of the molecule is CSc1ccc([C@@H](C)NC(=O)[C@@H]2CCCN(c3ccc(Cl)nn3)C2)cc1. The Hall–Kier alpha value is -1.79. The summed E-state index contributed by atoms with van der Waals surface area (Å²) < 4.78 is 0. The zero-order valence-corrected chi connectivity index (χ0v) is 16.6. The van der Waals surface area contributed by atoms with E-state index in [1.807, 2.05) is 13.0 Å². The largest absolute Gasteiger partial charge is 0.354 e. The number of anilines is 1. The van der Waals surface area contributed by atoms with Crippen molar-refractivity contribution in [3.8, 4) is 0 Å². The van der Waals surface area contributed by atoms with Gasteiger partial charge in [0.05, 0.1) is 12.0 Å². The van der Waals surface area contributed by atoms with Crippen LogP contribution in [0.2, 0.25) is 5.15 Å². The van der Waals surface area contributed by atoms with Crippen LogP contribution in [0.25, 0.3) is 0 Å². The molecule has 1 aliphatic rings. The fourth-order valence-corrected chi connectivity index (χ4v) is 3.69. The molecule has 26 heavy (non-hydrogen) atoms. The number of piperidine rings is 1. The standard InChI is InChI=1S/C19H23ClN4OS/c1-13(14-5-7-16(26-2)8-6-14)21-19(25)15-4-3-11-24(12-15)18-10-9-17(20)22-23-18/h5-10,13,15H,3-4,11-12H2,1-2H3,(H,21,25)/t13-,15-/m1/s1. The molecule has 1 aromatic heterocycles. The van der Waals surface area contributed by atoms with Crippen LogP contribution in [0.15, 0.2) is 41.3 Å². The quantitative estimate of drug-likeness (QED) is 0.783. The number of benzene rings is 1. The average molecular weight is 391 g/mol. The zero-order valence-electron chi connectivity index (χ0n) is 15.0. The first-order chi connectivity index (χ1) is 12.6. The Balaban J connectivity index is 1.60. The molecule has 3 rings (SSSR count). The van der Waals surface area contributed by atoms with Crippen LogP contribution in [0.4, 0.5) is 5.82 Å². The highest BCUT2D eigenvalue weighted by molar-refractivity contribution is 7.98. The summed E-state index contributed by atoms with van der Waals surface area (Å²) in [4.78, 5) is 16.1. The van der Waals surface area contributed by atoms with Gasteiger partial charge in [-0.3, -0.25) is 4.79 Å². The highest BCUT2D eigenvalue weighted by Crippen LogP contribution is 2.24. The molecule has 5 nitrogen and oxygen atoms in total. The summed E-state index contributed by atoms with van der Waals surface area (Å²) in [6, 6.07) is 11.9. The number of nitrogens with one attached hydrogen (secondary N) is 1. The highest BCUT2D eigenvalue weighted by atomic mass is 35.5. The molecular formula is C19H23ClN4OS.